The lowest BCUT2D eigenvalue weighted by Crippen LogP contribution is -2.18. The Morgan fingerprint density at radius 2 is 2.44 bits per heavy atom. The highest BCUT2D eigenvalue weighted by molar-refractivity contribution is 5.95. The van der Waals surface area contributed by atoms with Crippen LogP contribution in [-0.4, -0.2) is 32.8 Å². The summed E-state index contributed by atoms with van der Waals surface area (Å²) in [5.74, 6) is 0.898. The van der Waals surface area contributed by atoms with Gasteiger partial charge in [0.05, 0.1) is 18.9 Å². The third kappa shape index (κ3) is 2.92. The normalized spacial score (nSPS) is 18.6. The first-order valence-electron chi connectivity index (χ1n) is 6.03. The van der Waals surface area contributed by atoms with Gasteiger partial charge in [0, 0.05) is 25.1 Å². The second kappa shape index (κ2) is 5.73. The zero-order chi connectivity index (χ0) is 13.0. The molecule has 1 unspecified atom stereocenters. The van der Waals surface area contributed by atoms with Gasteiger partial charge in [-0.3, -0.25) is 4.79 Å². The Labute approximate surface area is 106 Å². The number of hydrogen-bond donors (Lipinski definition) is 2. The van der Waals surface area contributed by atoms with Gasteiger partial charge in [0.1, 0.15) is 5.75 Å². The molecule has 1 atom stereocenters. The molecule has 1 aliphatic rings. The number of rotatable bonds is 4. The summed E-state index contributed by atoms with van der Waals surface area (Å²) in [6.07, 6.45) is 1.02. The Morgan fingerprint density at radius 3 is 3.06 bits per heavy atom. The minimum Gasteiger partial charge on any atom is -0.491 e. The molecule has 1 aromatic carbocycles. The Morgan fingerprint density at radius 1 is 1.61 bits per heavy atom. The third-order valence-corrected chi connectivity index (χ3v) is 3.00. The molecule has 1 heterocycles. The maximum Gasteiger partial charge on any atom is 0.251 e. The van der Waals surface area contributed by atoms with Crippen LogP contribution >= 0.6 is 0 Å². The zero-order valence-corrected chi connectivity index (χ0v) is 10.4. The smallest absolute Gasteiger partial charge is 0.251 e. The van der Waals surface area contributed by atoms with Crippen molar-refractivity contribution in [1.29, 1.82) is 0 Å². The van der Waals surface area contributed by atoms with Crippen LogP contribution in [0.1, 0.15) is 16.8 Å². The van der Waals surface area contributed by atoms with E-state index in [1.807, 2.05) is 0 Å². The molecule has 3 N–H and O–H groups in total. The zero-order valence-electron chi connectivity index (χ0n) is 10.4. The van der Waals surface area contributed by atoms with Gasteiger partial charge in [-0.15, -0.1) is 0 Å². The molecule has 0 aliphatic carbocycles. The van der Waals surface area contributed by atoms with Crippen molar-refractivity contribution in [2.45, 2.75) is 6.42 Å². The minimum absolute atomic E-state index is 0.155. The molecule has 18 heavy (non-hydrogen) atoms. The van der Waals surface area contributed by atoms with Crippen LogP contribution in [0.5, 0.6) is 5.75 Å². The molecule has 1 saturated heterocycles. The molecule has 5 heteroatoms. The molecule has 5 nitrogen and oxygen atoms in total. The van der Waals surface area contributed by atoms with Crippen LogP contribution in [0.4, 0.5) is 5.69 Å². The molecule has 0 saturated carbocycles. The van der Waals surface area contributed by atoms with Crippen LogP contribution < -0.4 is 15.8 Å². The highest BCUT2D eigenvalue weighted by Gasteiger charge is 2.17. The van der Waals surface area contributed by atoms with Crippen molar-refractivity contribution >= 4 is 11.6 Å². The van der Waals surface area contributed by atoms with Crippen molar-refractivity contribution < 1.29 is 14.3 Å². The lowest BCUT2D eigenvalue weighted by Gasteiger charge is -2.12. The maximum absolute atomic E-state index is 11.4. The molecule has 98 valence electrons. The van der Waals surface area contributed by atoms with E-state index in [-0.39, 0.29) is 5.91 Å². The molecule has 1 fully saturated rings. The Hall–Kier alpha value is -1.75. The van der Waals surface area contributed by atoms with E-state index in [1.165, 1.54) is 0 Å². The van der Waals surface area contributed by atoms with Crippen molar-refractivity contribution in [1.82, 2.24) is 5.32 Å². The van der Waals surface area contributed by atoms with Gasteiger partial charge in [0.25, 0.3) is 5.91 Å². The summed E-state index contributed by atoms with van der Waals surface area (Å²) in [6, 6.07) is 5.06. The molecule has 2 rings (SSSR count). The van der Waals surface area contributed by atoms with Gasteiger partial charge in [-0.1, -0.05) is 0 Å². The molecule has 1 aromatic rings. The van der Waals surface area contributed by atoms with Crippen LogP contribution in [0.3, 0.4) is 0 Å². The van der Waals surface area contributed by atoms with E-state index in [0.717, 1.165) is 19.6 Å². The summed E-state index contributed by atoms with van der Waals surface area (Å²) in [6.45, 7) is 2.15. The van der Waals surface area contributed by atoms with Gasteiger partial charge in [0.2, 0.25) is 0 Å². The minimum atomic E-state index is -0.155. The molecule has 1 aliphatic heterocycles. The highest BCUT2D eigenvalue weighted by atomic mass is 16.5. The molecule has 1 amide bonds. The van der Waals surface area contributed by atoms with Crippen LogP contribution in [-0.2, 0) is 4.74 Å². The number of nitrogens with two attached hydrogens (primary N) is 1. The van der Waals surface area contributed by atoms with E-state index in [4.69, 9.17) is 15.2 Å². The van der Waals surface area contributed by atoms with Crippen LogP contribution in [0.15, 0.2) is 18.2 Å². The van der Waals surface area contributed by atoms with Crippen molar-refractivity contribution in [3.63, 3.8) is 0 Å². The number of benzene rings is 1. The number of ether oxygens (including phenoxy) is 2. The first kappa shape index (κ1) is 12.7. The largest absolute Gasteiger partial charge is 0.491 e. The number of carbonyl (C=O) groups is 1. The van der Waals surface area contributed by atoms with E-state index in [2.05, 4.69) is 5.32 Å². The van der Waals surface area contributed by atoms with Crippen LogP contribution in [0, 0.1) is 5.92 Å². The summed E-state index contributed by atoms with van der Waals surface area (Å²) in [5, 5.41) is 2.55. The summed E-state index contributed by atoms with van der Waals surface area (Å²) < 4.78 is 10.9. The highest BCUT2D eigenvalue weighted by Crippen LogP contribution is 2.24. The first-order chi connectivity index (χ1) is 8.70. The first-order valence-corrected chi connectivity index (χ1v) is 6.03. The van der Waals surface area contributed by atoms with Crippen molar-refractivity contribution in [2.75, 3.05) is 32.6 Å². The van der Waals surface area contributed by atoms with Gasteiger partial charge in [0.15, 0.2) is 0 Å². The van der Waals surface area contributed by atoms with Gasteiger partial charge in [-0.05, 0) is 24.6 Å². The fraction of sp³-hybridized carbons (Fsp3) is 0.462. The Bertz CT molecular complexity index is 428. The molecule has 0 aromatic heterocycles. The van der Waals surface area contributed by atoms with E-state index in [0.29, 0.717) is 29.5 Å². The summed E-state index contributed by atoms with van der Waals surface area (Å²) in [4.78, 5) is 11.4. The van der Waals surface area contributed by atoms with Crippen molar-refractivity contribution in [3.8, 4) is 5.75 Å². The van der Waals surface area contributed by atoms with Crippen molar-refractivity contribution in [3.05, 3.63) is 23.8 Å². The average molecular weight is 250 g/mol. The van der Waals surface area contributed by atoms with E-state index < -0.39 is 0 Å². The SMILES string of the molecule is CNC(=O)c1ccc(OCC2CCOC2)c(N)c1. The molecule has 0 radical (unpaired) electrons. The molecular weight excluding hydrogens is 232 g/mol. The summed E-state index contributed by atoms with van der Waals surface area (Å²) in [5.41, 5.74) is 6.88. The predicted octanol–water partition coefficient (Wildman–Crippen LogP) is 1.04. The standard InChI is InChI=1S/C13H18N2O3/c1-15-13(16)10-2-3-12(11(14)6-10)18-8-9-4-5-17-7-9/h2-3,6,9H,4-5,7-8,14H2,1H3,(H,15,16). The van der Waals surface area contributed by atoms with Gasteiger partial charge >= 0.3 is 0 Å². The van der Waals surface area contributed by atoms with Crippen LogP contribution in [0.25, 0.3) is 0 Å². The topological polar surface area (TPSA) is 73.6 Å². The second-order valence-corrected chi connectivity index (χ2v) is 4.37. The van der Waals surface area contributed by atoms with E-state index >= 15 is 0 Å². The Balaban J connectivity index is 1.98. The fourth-order valence-corrected chi connectivity index (χ4v) is 1.89. The average Bonchev–Trinajstić information content (AvgIpc) is 2.89. The number of carbonyl (C=O) groups excluding carboxylic acids is 1. The summed E-state index contributed by atoms with van der Waals surface area (Å²) >= 11 is 0. The number of nitrogen functional groups attached to an aromatic ring is 1. The molecule has 0 bridgehead atoms. The number of hydrogen-bond acceptors (Lipinski definition) is 4. The second-order valence-electron chi connectivity index (χ2n) is 4.37. The van der Waals surface area contributed by atoms with Gasteiger partial charge in [-0.25, -0.2) is 0 Å². The predicted molar refractivity (Wildman–Crippen MR) is 68.7 cm³/mol. The fourth-order valence-electron chi connectivity index (χ4n) is 1.89. The number of anilines is 1. The lowest BCUT2D eigenvalue weighted by atomic mass is 10.1. The quantitative estimate of drug-likeness (QED) is 0.783. The van der Waals surface area contributed by atoms with Gasteiger partial charge in [-0.2, -0.15) is 0 Å². The van der Waals surface area contributed by atoms with E-state index in [9.17, 15) is 4.79 Å². The van der Waals surface area contributed by atoms with Crippen LogP contribution in [0.2, 0.25) is 0 Å². The number of nitrogens with one attached hydrogen (secondary N) is 1. The number of amides is 1. The molecule has 0 spiro atoms. The third-order valence-electron chi connectivity index (χ3n) is 3.00. The van der Waals surface area contributed by atoms with Gasteiger partial charge < -0.3 is 20.5 Å². The monoisotopic (exact) mass is 250 g/mol. The maximum atomic E-state index is 11.4. The van der Waals surface area contributed by atoms with Crippen molar-refractivity contribution in [2.24, 2.45) is 5.92 Å². The lowest BCUT2D eigenvalue weighted by molar-refractivity contribution is 0.0963. The Kier molecular flexibility index (Phi) is 4.04. The summed E-state index contributed by atoms with van der Waals surface area (Å²) in [7, 11) is 1.59. The molecular formula is C13H18N2O3. The van der Waals surface area contributed by atoms with E-state index in [1.54, 1.807) is 25.2 Å².